The number of hydrogen-bond acceptors (Lipinski definition) is 3. The van der Waals surface area contributed by atoms with E-state index in [-0.39, 0.29) is 17.8 Å². The second-order valence-corrected chi connectivity index (χ2v) is 6.07. The summed E-state index contributed by atoms with van der Waals surface area (Å²) in [6.45, 7) is 8.24. The van der Waals surface area contributed by atoms with E-state index in [4.69, 9.17) is 9.47 Å². The molecule has 0 heterocycles. The second-order valence-electron chi connectivity index (χ2n) is 6.07. The van der Waals surface area contributed by atoms with Crippen LogP contribution in [0.5, 0.6) is 17.2 Å². The fraction of sp³-hybridized carbons (Fsp3) is 0.333. The lowest BCUT2D eigenvalue weighted by atomic mass is 9.95. The molecule has 0 saturated carbocycles. The first kappa shape index (κ1) is 17.9. The van der Waals surface area contributed by atoms with E-state index in [0.717, 1.165) is 16.9 Å². The molecule has 0 spiro atoms. The number of benzene rings is 2. The summed E-state index contributed by atoms with van der Waals surface area (Å²) in [4.78, 5) is 0. The fourth-order valence-electron chi connectivity index (χ4n) is 2.65. The normalized spacial score (nSPS) is 13.7. The highest BCUT2D eigenvalue weighted by Crippen LogP contribution is 2.32. The summed E-state index contributed by atoms with van der Waals surface area (Å²) in [5.41, 5.74) is 3.36. The lowest BCUT2D eigenvalue weighted by Crippen LogP contribution is -2.20. The lowest BCUT2D eigenvalue weighted by molar-refractivity contribution is 0.194. The first-order valence-corrected chi connectivity index (χ1v) is 8.23. The summed E-state index contributed by atoms with van der Waals surface area (Å²) in [6, 6.07) is 11.6. The van der Waals surface area contributed by atoms with Gasteiger partial charge in [-0.25, -0.2) is 0 Å². The molecule has 3 nitrogen and oxygen atoms in total. The summed E-state index contributed by atoms with van der Waals surface area (Å²) in [5.74, 6) is 1.69. The Morgan fingerprint density at radius 3 is 2.42 bits per heavy atom. The Hall–Kier alpha value is -2.42. The Kier molecular flexibility index (Phi) is 5.91. The van der Waals surface area contributed by atoms with Crippen LogP contribution >= 0.6 is 0 Å². The van der Waals surface area contributed by atoms with Gasteiger partial charge >= 0.3 is 0 Å². The van der Waals surface area contributed by atoms with Crippen LogP contribution in [-0.4, -0.2) is 18.3 Å². The zero-order valence-electron chi connectivity index (χ0n) is 15.0. The molecule has 0 radical (unpaired) electrons. The lowest BCUT2D eigenvalue weighted by Gasteiger charge is -2.23. The molecule has 0 aliphatic carbocycles. The van der Waals surface area contributed by atoms with E-state index >= 15 is 0 Å². The molecule has 0 saturated heterocycles. The van der Waals surface area contributed by atoms with Gasteiger partial charge in [-0.2, -0.15) is 0 Å². The van der Waals surface area contributed by atoms with Crippen LogP contribution in [0.1, 0.15) is 43.4 Å². The van der Waals surface area contributed by atoms with Gasteiger partial charge in [0.1, 0.15) is 11.9 Å². The minimum Gasteiger partial charge on any atom is -0.504 e. The van der Waals surface area contributed by atoms with Crippen LogP contribution in [0.3, 0.4) is 0 Å². The molecule has 1 N–H and O–H groups in total. The highest BCUT2D eigenvalue weighted by molar-refractivity contribution is 5.53. The summed E-state index contributed by atoms with van der Waals surface area (Å²) >= 11 is 0. The van der Waals surface area contributed by atoms with E-state index in [9.17, 15) is 5.11 Å². The van der Waals surface area contributed by atoms with Crippen LogP contribution in [0.4, 0.5) is 0 Å². The maximum atomic E-state index is 9.73. The van der Waals surface area contributed by atoms with Crippen molar-refractivity contribution < 1.29 is 14.6 Å². The molecule has 0 aliphatic heterocycles. The van der Waals surface area contributed by atoms with E-state index in [1.165, 1.54) is 5.56 Å². The van der Waals surface area contributed by atoms with Crippen LogP contribution in [0.2, 0.25) is 0 Å². The van der Waals surface area contributed by atoms with Crippen molar-refractivity contribution in [3.63, 3.8) is 0 Å². The second kappa shape index (κ2) is 7.91. The Balaban J connectivity index is 2.15. The van der Waals surface area contributed by atoms with Crippen molar-refractivity contribution in [2.75, 3.05) is 7.11 Å². The SMILES string of the molecule is CC=Cc1ccc(OC(C)C(C)c2ccc(O)c(OC)c2)c(C)c1. The minimum absolute atomic E-state index is 0.00878. The van der Waals surface area contributed by atoms with Gasteiger partial charge in [0.15, 0.2) is 11.5 Å². The third kappa shape index (κ3) is 4.10. The molecular weight excluding hydrogens is 300 g/mol. The number of hydrogen-bond donors (Lipinski definition) is 1. The van der Waals surface area contributed by atoms with Gasteiger partial charge in [0.05, 0.1) is 7.11 Å². The predicted molar refractivity (Wildman–Crippen MR) is 99.1 cm³/mol. The number of methoxy groups -OCH3 is 1. The number of ether oxygens (including phenoxy) is 2. The quantitative estimate of drug-likeness (QED) is 0.781. The predicted octanol–water partition coefficient (Wildman–Crippen LogP) is 5.31. The van der Waals surface area contributed by atoms with Gasteiger partial charge in [-0.15, -0.1) is 0 Å². The van der Waals surface area contributed by atoms with Crippen molar-refractivity contribution in [2.24, 2.45) is 0 Å². The monoisotopic (exact) mass is 326 g/mol. The number of rotatable bonds is 6. The van der Waals surface area contributed by atoms with Crippen LogP contribution in [-0.2, 0) is 0 Å². The average Bonchev–Trinajstić information content (AvgIpc) is 2.57. The zero-order chi connectivity index (χ0) is 17.7. The van der Waals surface area contributed by atoms with Crippen LogP contribution in [0.25, 0.3) is 6.08 Å². The molecule has 0 fully saturated rings. The Morgan fingerprint density at radius 2 is 1.79 bits per heavy atom. The molecule has 0 aromatic heterocycles. The molecule has 0 aliphatic rings. The molecule has 0 amide bonds. The summed E-state index contributed by atoms with van der Waals surface area (Å²) < 4.78 is 11.4. The maximum absolute atomic E-state index is 9.73. The average molecular weight is 326 g/mol. The smallest absolute Gasteiger partial charge is 0.160 e. The molecule has 2 rings (SSSR count). The number of phenolic OH excluding ortho intramolecular Hbond substituents is 1. The minimum atomic E-state index is -0.00878. The van der Waals surface area contributed by atoms with Gasteiger partial charge in [-0.1, -0.05) is 31.2 Å². The van der Waals surface area contributed by atoms with E-state index in [2.05, 4.69) is 39.0 Å². The van der Waals surface area contributed by atoms with Gasteiger partial charge < -0.3 is 14.6 Å². The van der Waals surface area contributed by atoms with E-state index in [1.54, 1.807) is 13.2 Å². The van der Waals surface area contributed by atoms with Crippen molar-refractivity contribution in [1.82, 2.24) is 0 Å². The number of allylic oxidation sites excluding steroid dienone is 1. The van der Waals surface area contributed by atoms with E-state index in [0.29, 0.717) is 5.75 Å². The number of phenols is 1. The van der Waals surface area contributed by atoms with Crippen molar-refractivity contribution in [2.45, 2.75) is 39.7 Å². The van der Waals surface area contributed by atoms with Crippen molar-refractivity contribution >= 4 is 6.08 Å². The maximum Gasteiger partial charge on any atom is 0.160 e. The summed E-state index contributed by atoms with van der Waals surface area (Å²) in [5, 5.41) is 9.73. The number of aromatic hydroxyl groups is 1. The van der Waals surface area contributed by atoms with Gasteiger partial charge in [0.2, 0.25) is 0 Å². The van der Waals surface area contributed by atoms with E-state index < -0.39 is 0 Å². The van der Waals surface area contributed by atoms with Gasteiger partial charge in [0, 0.05) is 5.92 Å². The van der Waals surface area contributed by atoms with Crippen molar-refractivity contribution in [3.8, 4) is 17.2 Å². The molecule has 2 atom stereocenters. The molecule has 24 heavy (non-hydrogen) atoms. The molecule has 2 aromatic carbocycles. The van der Waals surface area contributed by atoms with Crippen LogP contribution in [0, 0.1) is 6.92 Å². The van der Waals surface area contributed by atoms with Crippen molar-refractivity contribution in [1.29, 1.82) is 0 Å². The van der Waals surface area contributed by atoms with E-state index in [1.807, 2.05) is 31.2 Å². The third-order valence-corrected chi connectivity index (χ3v) is 4.30. The molecular formula is C21H26O3. The molecule has 2 aromatic rings. The Morgan fingerprint density at radius 1 is 1.04 bits per heavy atom. The summed E-state index contributed by atoms with van der Waals surface area (Å²) in [6.07, 6.45) is 4.09. The van der Waals surface area contributed by atoms with Crippen molar-refractivity contribution in [3.05, 3.63) is 59.2 Å². The third-order valence-electron chi connectivity index (χ3n) is 4.30. The van der Waals surface area contributed by atoms with Gasteiger partial charge in [-0.05, 0) is 61.7 Å². The number of aryl methyl sites for hydroxylation is 1. The fourth-order valence-corrected chi connectivity index (χ4v) is 2.65. The Labute approximate surface area is 144 Å². The Bertz CT molecular complexity index is 719. The molecule has 128 valence electrons. The highest BCUT2D eigenvalue weighted by Gasteiger charge is 2.18. The first-order chi connectivity index (χ1) is 11.5. The standard InChI is InChI=1S/C21H26O3/c1-6-7-17-8-11-20(14(2)12-17)24-16(4)15(3)18-9-10-19(22)21(13-18)23-5/h6-13,15-16,22H,1-5H3. The molecule has 2 unspecified atom stereocenters. The summed E-state index contributed by atoms with van der Waals surface area (Å²) in [7, 11) is 1.55. The first-order valence-electron chi connectivity index (χ1n) is 8.23. The molecule has 0 bridgehead atoms. The molecule has 3 heteroatoms. The van der Waals surface area contributed by atoms with Crippen LogP contribution < -0.4 is 9.47 Å². The van der Waals surface area contributed by atoms with Gasteiger partial charge in [-0.3, -0.25) is 0 Å². The topological polar surface area (TPSA) is 38.7 Å². The highest BCUT2D eigenvalue weighted by atomic mass is 16.5. The largest absolute Gasteiger partial charge is 0.504 e. The zero-order valence-corrected chi connectivity index (χ0v) is 15.0. The van der Waals surface area contributed by atoms with Gasteiger partial charge in [0.25, 0.3) is 0 Å². The van der Waals surface area contributed by atoms with Crippen LogP contribution in [0.15, 0.2) is 42.5 Å².